The van der Waals surface area contributed by atoms with Crippen molar-refractivity contribution in [3.05, 3.63) is 23.3 Å². The highest BCUT2D eigenvalue weighted by Gasteiger charge is 2.39. The van der Waals surface area contributed by atoms with E-state index in [9.17, 15) is 37.1 Å². The second-order valence-electron chi connectivity index (χ2n) is 8.06. The molecule has 0 unspecified atom stereocenters. The van der Waals surface area contributed by atoms with Crippen LogP contribution >= 0.6 is 0 Å². The molecule has 0 bridgehead atoms. The van der Waals surface area contributed by atoms with E-state index in [0.29, 0.717) is 6.42 Å². The number of rotatable bonds is 7. The molecule has 0 saturated heterocycles. The molecule has 1 aliphatic carbocycles. The van der Waals surface area contributed by atoms with Gasteiger partial charge in [-0.3, -0.25) is 19.2 Å². The number of benzene rings is 1. The number of carbonyl (C=O) groups excluding carboxylic acids is 5. The molecule has 10 nitrogen and oxygen atoms in total. The molecule has 0 aliphatic heterocycles. The zero-order valence-corrected chi connectivity index (χ0v) is 18.7. The summed E-state index contributed by atoms with van der Waals surface area (Å²) >= 11 is 0. The number of anilines is 2. The highest BCUT2D eigenvalue weighted by Crippen LogP contribution is 2.34. The van der Waals surface area contributed by atoms with Gasteiger partial charge in [0.25, 0.3) is 5.91 Å². The summed E-state index contributed by atoms with van der Waals surface area (Å²) in [7, 11) is 0. The molecule has 4 amide bonds. The Bertz CT molecular complexity index is 1010. The van der Waals surface area contributed by atoms with Crippen molar-refractivity contribution in [3.63, 3.8) is 0 Å². The Morgan fingerprint density at radius 3 is 2.18 bits per heavy atom. The number of carbonyl (C=O) groups is 5. The maximum atomic E-state index is 12.7. The first-order chi connectivity index (χ1) is 15.7. The second-order valence-corrected chi connectivity index (χ2v) is 8.06. The third-order valence-electron chi connectivity index (χ3n) is 5.04. The Morgan fingerprint density at radius 2 is 1.62 bits per heavy atom. The molecule has 0 aromatic heterocycles. The molecule has 13 heteroatoms. The van der Waals surface area contributed by atoms with Gasteiger partial charge in [0.05, 0.1) is 5.69 Å². The fourth-order valence-corrected chi connectivity index (χ4v) is 3.41. The third kappa shape index (κ3) is 6.45. The van der Waals surface area contributed by atoms with Crippen LogP contribution in [0.15, 0.2) is 12.1 Å². The van der Waals surface area contributed by atoms with E-state index in [0.717, 1.165) is 6.07 Å². The highest BCUT2D eigenvalue weighted by atomic mass is 19.4. The summed E-state index contributed by atoms with van der Waals surface area (Å²) in [5.41, 5.74) is 5.00. The predicted octanol–water partition coefficient (Wildman–Crippen LogP) is 2.27. The maximum Gasteiger partial charge on any atom is 0.471 e. The zero-order chi connectivity index (χ0) is 25.8. The van der Waals surface area contributed by atoms with Crippen molar-refractivity contribution in [1.29, 1.82) is 0 Å². The summed E-state index contributed by atoms with van der Waals surface area (Å²) in [6, 6.07) is 1.26. The first kappa shape index (κ1) is 26.6. The van der Waals surface area contributed by atoms with Crippen molar-refractivity contribution in [2.24, 2.45) is 11.7 Å². The largest absolute Gasteiger partial charge is 0.471 e. The molecule has 0 saturated carbocycles. The van der Waals surface area contributed by atoms with Gasteiger partial charge < -0.3 is 26.4 Å². The van der Waals surface area contributed by atoms with E-state index in [1.807, 2.05) is 0 Å². The number of ether oxygens (including phenoxy) is 1. The molecular weight excluding hydrogens is 461 g/mol. The van der Waals surface area contributed by atoms with E-state index in [1.54, 1.807) is 19.2 Å². The lowest BCUT2D eigenvalue weighted by atomic mass is 9.88. The van der Waals surface area contributed by atoms with Crippen molar-refractivity contribution in [2.75, 3.05) is 10.6 Å². The topological polar surface area (TPSA) is 157 Å². The Morgan fingerprint density at radius 1 is 1.00 bits per heavy atom. The summed E-state index contributed by atoms with van der Waals surface area (Å²) in [6.45, 7) is 4.59. The minimum Gasteiger partial charge on any atom is -0.436 e. The van der Waals surface area contributed by atoms with Crippen LogP contribution < -0.4 is 21.7 Å². The standard InChI is InChI=1S/C21H25F3N4O6/c1-9(2)16(34-20(25)33)18(31)26-10(3)17(30)27-12-7-8-13(28-19(32)21(22,23)24)15-11(12)5-4-6-14(15)29/h7-10,16H,4-6H2,1-3H3,(H2,25,33)(H,26,31)(H,27,30)(H,28,32)/t10-,16-/m0/s1. The number of halogens is 3. The van der Waals surface area contributed by atoms with Gasteiger partial charge >= 0.3 is 18.2 Å². The van der Waals surface area contributed by atoms with Crippen LogP contribution in [0.5, 0.6) is 0 Å². The van der Waals surface area contributed by atoms with E-state index in [1.165, 1.54) is 13.0 Å². The molecular formula is C21H25F3N4O6. The Labute approximate surface area is 192 Å². The SMILES string of the molecule is CC(C)[C@H](OC(N)=O)C(=O)N[C@@H](C)C(=O)Nc1ccc(NC(=O)C(F)(F)F)c2c1CCCC2=O. The molecule has 0 heterocycles. The van der Waals surface area contributed by atoms with Crippen LogP contribution in [0.1, 0.15) is 49.5 Å². The molecule has 2 rings (SSSR count). The molecule has 1 aromatic rings. The number of nitrogens with two attached hydrogens (primary N) is 1. The maximum absolute atomic E-state index is 12.7. The first-order valence-corrected chi connectivity index (χ1v) is 10.4. The quantitative estimate of drug-likeness (QED) is 0.463. The molecule has 34 heavy (non-hydrogen) atoms. The monoisotopic (exact) mass is 486 g/mol. The van der Waals surface area contributed by atoms with Gasteiger partial charge in [0.1, 0.15) is 6.04 Å². The Balaban J connectivity index is 2.23. The van der Waals surface area contributed by atoms with E-state index in [-0.39, 0.29) is 35.3 Å². The Kier molecular flexibility index (Phi) is 8.24. The first-order valence-electron chi connectivity index (χ1n) is 10.4. The number of primary amides is 1. The van der Waals surface area contributed by atoms with E-state index in [2.05, 4.69) is 10.6 Å². The molecule has 5 N–H and O–H groups in total. The minimum absolute atomic E-state index is 0.0716. The molecule has 2 atom stereocenters. The molecule has 1 aromatic carbocycles. The number of amides is 4. The fourth-order valence-electron chi connectivity index (χ4n) is 3.41. The molecule has 0 fully saturated rings. The fraction of sp³-hybridized carbons (Fsp3) is 0.476. The van der Waals surface area contributed by atoms with Crippen molar-refractivity contribution < 1.29 is 41.9 Å². The number of hydrogen-bond donors (Lipinski definition) is 4. The van der Waals surface area contributed by atoms with Crippen LogP contribution in [0.2, 0.25) is 0 Å². The highest BCUT2D eigenvalue weighted by molar-refractivity contribution is 6.09. The minimum atomic E-state index is -5.14. The van der Waals surface area contributed by atoms with Crippen LogP contribution in [-0.2, 0) is 25.5 Å². The number of nitrogens with one attached hydrogen (secondary N) is 3. The zero-order valence-electron chi connectivity index (χ0n) is 18.7. The molecule has 1 aliphatic rings. The van der Waals surface area contributed by atoms with Crippen LogP contribution in [-0.4, -0.2) is 47.9 Å². The normalized spacial score (nSPS) is 15.1. The summed E-state index contributed by atoms with van der Waals surface area (Å²) in [4.78, 5) is 59.9. The number of fused-ring (bicyclic) bond motifs is 1. The number of alkyl halides is 3. The van der Waals surface area contributed by atoms with E-state index >= 15 is 0 Å². The summed E-state index contributed by atoms with van der Waals surface area (Å²) < 4.78 is 42.8. The van der Waals surface area contributed by atoms with Crippen LogP contribution in [0, 0.1) is 5.92 Å². The van der Waals surface area contributed by atoms with Gasteiger partial charge in [-0.15, -0.1) is 0 Å². The number of hydrogen-bond acceptors (Lipinski definition) is 6. The Hall–Kier alpha value is -3.64. The van der Waals surface area contributed by atoms with Crippen molar-refractivity contribution in [3.8, 4) is 0 Å². The van der Waals surface area contributed by atoms with Crippen LogP contribution in [0.25, 0.3) is 0 Å². The summed E-state index contributed by atoms with van der Waals surface area (Å²) in [5, 5.41) is 6.64. The molecule has 0 radical (unpaired) electrons. The lowest BCUT2D eigenvalue weighted by Gasteiger charge is -2.24. The lowest BCUT2D eigenvalue weighted by Crippen LogP contribution is -2.49. The lowest BCUT2D eigenvalue weighted by molar-refractivity contribution is -0.167. The second kappa shape index (κ2) is 10.5. The number of Topliss-reactive ketones (excluding diaryl/α,β-unsaturated/α-hetero) is 1. The summed E-state index contributed by atoms with van der Waals surface area (Å²) in [5.74, 6) is -4.57. The van der Waals surface area contributed by atoms with Gasteiger partial charge in [0.2, 0.25) is 5.91 Å². The smallest absolute Gasteiger partial charge is 0.436 e. The van der Waals surface area contributed by atoms with Gasteiger partial charge in [-0.2, -0.15) is 13.2 Å². The van der Waals surface area contributed by atoms with Crippen molar-refractivity contribution >= 4 is 41.0 Å². The average molecular weight is 486 g/mol. The average Bonchev–Trinajstić information content (AvgIpc) is 2.72. The van der Waals surface area contributed by atoms with Gasteiger partial charge in [-0.25, -0.2) is 4.79 Å². The molecule has 0 spiro atoms. The summed E-state index contributed by atoms with van der Waals surface area (Å²) in [6.07, 6.45) is -6.78. The predicted molar refractivity (Wildman–Crippen MR) is 114 cm³/mol. The van der Waals surface area contributed by atoms with E-state index < -0.39 is 53.8 Å². The van der Waals surface area contributed by atoms with Gasteiger partial charge in [0, 0.05) is 17.7 Å². The van der Waals surface area contributed by atoms with Gasteiger partial charge in [-0.05, 0) is 43.4 Å². The third-order valence-corrected chi connectivity index (χ3v) is 5.04. The van der Waals surface area contributed by atoms with Gasteiger partial charge in [-0.1, -0.05) is 13.8 Å². The van der Waals surface area contributed by atoms with Crippen LogP contribution in [0.3, 0.4) is 0 Å². The van der Waals surface area contributed by atoms with Gasteiger partial charge in [0.15, 0.2) is 11.9 Å². The van der Waals surface area contributed by atoms with E-state index in [4.69, 9.17) is 10.5 Å². The van der Waals surface area contributed by atoms with Crippen molar-refractivity contribution in [1.82, 2.24) is 5.32 Å². The molecule has 186 valence electrons. The number of ketones is 1. The van der Waals surface area contributed by atoms with Crippen LogP contribution in [0.4, 0.5) is 29.3 Å². The van der Waals surface area contributed by atoms with Crippen molar-refractivity contribution in [2.45, 2.75) is 58.4 Å².